The van der Waals surface area contributed by atoms with Crippen molar-refractivity contribution in [1.82, 2.24) is 14.7 Å². The summed E-state index contributed by atoms with van der Waals surface area (Å²) >= 11 is 1.61. The van der Waals surface area contributed by atoms with Gasteiger partial charge in [-0.3, -0.25) is 9.48 Å². The number of likely N-dealkylation sites (tertiary alicyclic amines) is 1. The number of rotatable bonds is 2. The van der Waals surface area contributed by atoms with Crippen LogP contribution in [0.5, 0.6) is 0 Å². The Balaban J connectivity index is 1.27. The van der Waals surface area contributed by atoms with Gasteiger partial charge in [0.2, 0.25) is 0 Å². The number of thiophene rings is 1. The molecule has 0 aromatic carbocycles. The summed E-state index contributed by atoms with van der Waals surface area (Å²) in [6.45, 7) is 2.36. The molecule has 0 unspecified atom stereocenters. The van der Waals surface area contributed by atoms with E-state index in [9.17, 15) is 4.79 Å². The van der Waals surface area contributed by atoms with Crippen LogP contribution in [0.2, 0.25) is 0 Å². The van der Waals surface area contributed by atoms with Gasteiger partial charge in [0.15, 0.2) is 0 Å². The number of fused-ring (bicyclic) bond motifs is 2. The Morgan fingerprint density at radius 3 is 2.65 bits per heavy atom. The number of aryl methyl sites for hydroxylation is 1. The first-order valence-electron chi connectivity index (χ1n) is 9.40. The number of hydrogen-bond donors (Lipinski definition) is 0. The molecule has 0 N–H and O–H groups in total. The predicted molar refractivity (Wildman–Crippen MR) is 97.6 cm³/mol. The van der Waals surface area contributed by atoms with E-state index >= 15 is 0 Å². The molecule has 0 bridgehead atoms. The molecular weight excluding hydrogens is 350 g/mol. The molecule has 26 heavy (non-hydrogen) atoms. The second-order valence-electron chi connectivity index (χ2n) is 7.37. The topological polar surface area (TPSA) is 56.6 Å². The van der Waals surface area contributed by atoms with Gasteiger partial charge in [0.05, 0.1) is 24.1 Å². The largest absolute Gasteiger partial charge is 0.371 e. The van der Waals surface area contributed by atoms with Crippen LogP contribution >= 0.6 is 11.3 Å². The van der Waals surface area contributed by atoms with Crippen molar-refractivity contribution in [2.24, 2.45) is 0 Å². The first-order chi connectivity index (χ1) is 12.8. The van der Waals surface area contributed by atoms with E-state index in [1.165, 1.54) is 24.0 Å². The molecule has 7 heteroatoms. The molecular formula is C19H23N3O3S. The van der Waals surface area contributed by atoms with E-state index in [0.717, 1.165) is 17.7 Å². The van der Waals surface area contributed by atoms with E-state index in [1.807, 2.05) is 21.8 Å². The summed E-state index contributed by atoms with van der Waals surface area (Å²) in [5, 5.41) is 6.46. The smallest absolute Gasteiger partial charge is 0.264 e. The molecule has 0 saturated carbocycles. The van der Waals surface area contributed by atoms with E-state index in [-0.39, 0.29) is 24.2 Å². The van der Waals surface area contributed by atoms with E-state index in [2.05, 4.69) is 10.5 Å². The number of hydrogen-bond acceptors (Lipinski definition) is 5. The van der Waals surface area contributed by atoms with Crippen molar-refractivity contribution in [2.75, 3.05) is 26.3 Å². The number of nitrogens with zero attached hydrogens (tertiary/aromatic N) is 3. The van der Waals surface area contributed by atoms with Crippen molar-refractivity contribution in [3.8, 4) is 0 Å². The normalized spacial score (nSPS) is 26.4. The summed E-state index contributed by atoms with van der Waals surface area (Å²) in [5.41, 5.74) is 2.67. The summed E-state index contributed by atoms with van der Waals surface area (Å²) in [4.78, 5) is 15.9. The molecule has 0 radical (unpaired) electrons. The molecule has 1 aliphatic carbocycles. The monoisotopic (exact) mass is 373 g/mol. The molecule has 0 spiro atoms. The van der Waals surface area contributed by atoms with Gasteiger partial charge in [-0.05, 0) is 48.3 Å². The second kappa shape index (κ2) is 6.79. The molecule has 138 valence electrons. The van der Waals surface area contributed by atoms with Crippen LogP contribution in [0.25, 0.3) is 0 Å². The fraction of sp³-hybridized carbons (Fsp3) is 0.579. The predicted octanol–water partition coefficient (Wildman–Crippen LogP) is 2.30. The lowest BCUT2D eigenvalue weighted by Crippen LogP contribution is -2.31. The fourth-order valence-corrected chi connectivity index (χ4v) is 5.36. The second-order valence-corrected chi connectivity index (χ2v) is 8.25. The van der Waals surface area contributed by atoms with Gasteiger partial charge in [0, 0.05) is 25.5 Å². The zero-order chi connectivity index (χ0) is 17.5. The van der Waals surface area contributed by atoms with Gasteiger partial charge in [-0.2, -0.15) is 5.10 Å². The van der Waals surface area contributed by atoms with E-state index in [1.54, 1.807) is 17.5 Å². The molecule has 6 nitrogen and oxygen atoms in total. The van der Waals surface area contributed by atoms with Crippen molar-refractivity contribution < 1.29 is 14.3 Å². The fourth-order valence-electron chi connectivity index (χ4n) is 4.24. The van der Waals surface area contributed by atoms with Crippen LogP contribution in [0.4, 0.5) is 0 Å². The summed E-state index contributed by atoms with van der Waals surface area (Å²) in [5.74, 6) is 0.155. The SMILES string of the molecule is O=C(c1scc2c1CCCC2)N1C[C@@H]2OCC(n3cccn3)CO[C@H]2C1. The Labute approximate surface area is 156 Å². The third-order valence-corrected chi connectivity index (χ3v) is 6.76. The highest BCUT2D eigenvalue weighted by molar-refractivity contribution is 7.12. The maximum Gasteiger partial charge on any atom is 0.264 e. The lowest BCUT2D eigenvalue weighted by molar-refractivity contribution is -0.00461. The van der Waals surface area contributed by atoms with Crippen molar-refractivity contribution in [1.29, 1.82) is 0 Å². The molecule has 2 aliphatic heterocycles. The molecule has 2 aromatic heterocycles. The summed E-state index contributed by atoms with van der Waals surface area (Å²) in [7, 11) is 0. The molecule has 2 aromatic rings. The first kappa shape index (κ1) is 16.5. The first-order valence-corrected chi connectivity index (χ1v) is 10.3. The zero-order valence-electron chi connectivity index (χ0n) is 14.7. The molecule has 1 amide bonds. The van der Waals surface area contributed by atoms with Gasteiger partial charge in [-0.15, -0.1) is 11.3 Å². The molecule has 3 aliphatic rings. The van der Waals surface area contributed by atoms with Gasteiger partial charge in [-0.25, -0.2) is 0 Å². The van der Waals surface area contributed by atoms with Crippen molar-refractivity contribution in [2.45, 2.75) is 43.9 Å². The van der Waals surface area contributed by atoms with Crippen molar-refractivity contribution >= 4 is 17.2 Å². The van der Waals surface area contributed by atoms with Crippen LogP contribution in [-0.2, 0) is 22.3 Å². The van der Waals surface area contributed by atoms with E-state index in [4.69, 9.17) is 9.47 Å². The highest BCUT2D eigenvalue weighted by atomic mass is 32.1. The Hall–Kier alpha value is -1.70. The maximum absolute atomic E-state index is 13.1. The number of ether oxygens (including phenoxy) is 2. The van der Waals surface area contributed by atoms with Crippen LogP contribution in [0.1, 0.15) is 39.7 Å². The molecule has 2 saturated heterocycles. The standard InChI is InChI=1S/C19H23N3O3S/c23-19(18-15-5-2-1-4-13(15)12-26-18)21-8-16-17(9-21)25-11-14(10-24-16)22-7-3-6-20-22/h3,6-7,12,14,16-17H,1-2,4-5,8-11H2/t16-,17-/m0/s1. The van der Waals surface area contributed by atoms with Gasteiger partial charge in [0.25, 0.3) is 5.91 Å². The molecule has 2 fully saturated rings. The van der Waals surface area contributed by atoms with Crippen LogP contribution in [0, 0.1) is 0 Å². The number of carbonyl (C=O) groups excluding carboxylic acids is 1. The molecule has 4 heterocycles. The van der Waals surface area contributed by atoms with E-state index in [0.29, 0.717) is 26.3 Å². The van der Waals surface area contributed by atoms with Gasteiger partial charge in [-0.1, -0.05) is 0 Å². The Kier molecular flexibility index (Phi) is 4.30. The average molecular weight is 373 g/mol. The zero-order valence-corrected chi connectivity index (χ0v) is 15.5. The van der Waals surface area contributed by atoms with Crippen LogP contribution in [0.3, 0.4) is 0 Å². The quantitative estimate of drug-likeness (QED) is 0.811. The molecule has 2 atom stereocenters. The Morgan fingerprint density at radius 2 is 1.92 bits per heavy atom. The van der Waals surface area contributed by atoms with Gasteiger partial charge in [0.1, 0.15) is 12.2 Å². The Bertz CT molecular complexity index is 772. The third-order valence-electron chi connectivity index (χ3n) is 5.70. The summed E-state index contributed by atoms with van der Waals surface area (Å²) in [6.07, 6.45) is 8.21. The van der Waals surface area contributed by atoms with E-state index < -0.39 is 0 Å². The average Bonchev–Trinajstić information content (AvgIpc) is 3.39. The lowest BCUT2D eigenvalue weighted by atomic mass is 9.94. The minimum absolute atomic E-state index is 0.0460. The summed E-state index contributed by atoms with van der Waals surface area (Å²) < 4.78 is 14.1. The summed E-state index contributed by atoms with van der Waals surface area (Å²) in [6, 6.07) is 2.01. The minimum atomic E-state index is -0.0460. The maximum atomic E-state index is 13.1. The van der Waals surface area contributed by atoms with Gasteiger partial charge < -0.3 is 14.4 Å². The minimum Gasteiger partial charge on any atom is -0.371 e. The number of aromatic nitrogens is 2. The van der Waals surface area contributed by atoms with Crippen LogP contribution in [-0.4, -0.2) is 59.1 Å². The van der Waals surface area contributed by atoms with Crippen molar-refractivity contribution in [3.05, 3.63) is 39.8 Å². The van der Waals surface area contributed by atoms with Crippen LogP contribution in [0.15, 0.2) is 23.8 Å². The number of amides is 1. The highest BCUT2D eigenvalue weighted by Gasteiger charge is 2.40. The lowest BCUT2D eigenvalue weighted by Gasteiger charge is -2.20. The number of carbonyl (C=O) groups is 1. The highest BCUT2D eigenvalue weighted by Crippen LogP contribution is 2.32. The van der Waals surface area contributed by atoms with Crippen molar-refractivity contribution in [3.63, 3.8) is 0 Å². The Morgan fingerprint density at radius 1 is 1.15 bits per heavy atom. The van der Waals surface area contributed by atoms with Crippen LogP contribution < -0.4 is 0 Å². The third kappa shape index (κ3) is 2.88. The molecule has 5 rings (SSSR count). The van der Waals surface area contributed by atoms with Gasteiger partial charge >= 0.3 is 0 Å².